The fraction of sp³-hybridized carbons (Fsp3) is 0.375. The van der Waals surface area contributed by atoms with Crippen LogP contribution in [0.1, 0.15) is 38.0 Å². The summed E-state index contributed by atoms with van der Waals surface area (Å²) in [5.74, 6) is -1.48. The van der Waals surface area contributed by atoms with Crippen LogP contribution in [0.15, 0.2) is 60.7 Å². The van der Waals surface area contributed by atoms with Crippen LogP contribution in [0.3, 0.4) is 0 Å². The molecule has 0 aliphatic heterocycles. The van der Waals surface area contributed by atoms with Crippen LogP contribution in [0.4, 0.5) is 4.79 Å². The number of aliphatic hydroxyl groups is 1. The molecule has 8 heteroatoms. The van der Waals surface area contributed by atoms with E-state index in [0.717, 1.165) is 5.56 Å². The molecule has 8 nitrogen and oxygen atoms in total. The number of aliphatic hydroxyl groups excluding tert-OH is 1. The van der Waals surface area contributed by atoms with Crippen LogP contribution in [0.25, 0.3) is 0 Å². The number of benzene rings is 2. The standard InChI is InChI=1S/C24H30N2O6/c1-24(2,3)32-23(30)25-18(15-16-11-7-5-8-12-16)21(28)26-19(22(29)31-4)20(27)17-13-9-6-10-14-17/h5-14,18-20,27H,15H2,1-4H3,(H,25,30)(H,26,28)/t18-,19-,20+/m0/s1. The second kappa shape index (κ2) is 11.3. The Hall–Kier alpha value is -3.39. The van der Waals surface area contributed by atoms with Gasteiger partial charge in [0.1, 0.15) is 17.7 Å². The molecule has 0 saturated heterocycles. The van der Waals surface area contributed by atoms with Crippen molar-refractivity contribution < 1.29 is 29.0 Å². The Morgan fingerprint density at radius 3 is 2.03 bits per heavy atom. The average molecular weight is 443 g/mol. The molecule has 0 aliphatic rings. The van der Waals surface area contributed by atoms with Crippen LogP contribution >= 0.6 is 0 Å². The molecule has 0 aromatic heterocycles. The molecule has 172 valence electrons. The van der Waals surface area contributed by atoms with Crippen molar-refractivity contribution in [1.82, 2.24) is 10.6 Å². The number of carbonyl (C=O) groups excluding carboxylic acids is 3. The van der Waals surface area contributed by atoms with E-state index in [1.54, 1.807) is 51.1 Å². The van der Waals surface area contributed by atoms with Crippen molar-refractivity contribution >= 4 is 18.0 Å². The van der Waals surface area contributed by atoms with Gasteiger partial charge in [-0.2, -0.15) is 0 Å². The van der Waals surface area contributed by atoms with Gasteiger partial charge in [0.25, 0.3) is 0 Å². The summed E-state index contributed by atoms with van der Waals surface area (Å²) in [4.78, 5) is 37.8. The van der Waals surface area contributed by atoms with Crippen LogP contribution in [0.5, 0.6) is 0 Å². The highest BCUT2D eigenvalue weighted by molar-refractivity contribution is 5.90. The highest BCUT2D eigenvalue weighted by Crippen LogP contribution is 2.18. The van der Waals surface area contributed by atoms with Gasteiger partial charge in [0.05, 0.1) is 7.11 Å². The smallest absolute Gasteiger partial charge is 0.408 e. The van der Waals surface area contributed by atoms with Crippen LogP contribution in [0.2, 0.25) is 0 Å². The number of rotatable bonds is 8. The summed E-state index contributed by atoms with van der Waals surface area (Å²) in [5, 5.41) is 15.8. The topological polar surface area (TPSA) is 114 Å². The van der Waals surface area contributed by atoms with Crippen molar-refractivity contribution in [3.63, 3.8) is 0 Å². The van der Waals surface area contributed by atoms with Gasteiger partial charge in [0, 0.05) is 6.42 Å². The summed E-state index contributed by atoms with van der Waals surface area (Å²) in [5.41, 5.74) is 0.473. The number of amides is 2. The van der Waals surface area contributed by atoms with Crippen LogP contribution in [-0.4, -0.2) is 47.9 Å². The van der Waals surface area contributed by atoms with Gasteiger partial charge in [0.15, 0.2) is 6.04 Å². The zero-order valence-corrected chi connectivity index (χ0v) is 18.7. The van der Waals surface area contributed by atoms with E-state index in [1.165, 1.54) is 7.11 Å². The van der Waals surface area contributed by atoms with Gasteiger partial charge in [0.2, 0.25) is 5.91 Å². The van der Waals surface area contributed by atoms with E-state index < -0.39 is 41.8 Å². The number of nitrogens with one attached hydrogen (secondary N) is 2. The number of methoxy groups -OCH3 is 1. The molecule has 0 saturated carbocycles. The second-order valence-corrected chi connectivity index (χ2v) is 8.25. The maximum Gasteiger partial charge on any atom is 0.408 e. The third kappa shape index (κ3) is 7.70. The molecule has 2 aromatic carbocycles. The second-order valence-electron chi connectivity index (χ2n) is 8.25. The predicted octanol–water partition coefficient (Wildman–Crippen LogP) is 2.51. The molecule has 0 radical (unpaired) electrons. The summed E-state index contributed by atoms with van der Waals surface area (Å²) >= 11 is 0. The number of ether oxygens (including phenoxy) is 2. The number of hydrogen-bond donors (Lipinski definition) is 3. The Bertz CT molecular complexity index is 896. The first-order chi connectivity index (χ1) is 15.1. The number of hydrogen-bond acceptors (Lipinski definition) is 6. The molecule has 32 heavy (non-hydrogen) atoms. The quantitative estimate of drug-likeness (QED) is 0.542. The normalized spacial score (nSPS) is 13.9. The zero-order valence-electron chi connectivity index (χ0n) is 18.7. The van der Waals surface area contributed by atoms with Gasteiger partial charge in [-0.15, -0.1) is 0 Å². The lowest BCUT2D eigenvalue weighted by Gasteiger charge is -2.26. The van der Waals surface area contributed by atoms with Gasteiger partial charge in [-0.3, -0.25) is 4.79 Å². The Labute approximate surface area is 187 Å². The van der Waals surface area contributed by atoms with Crippen molar-refractivity contribution in [2.45, 2.75) is 51.0 Å². The molecular formula is C24H30N2O6. The molecular weight excluding hydrogens is 412 g/mol. The summed E-state index contributed by atoms with van der Waals surface area (Å²) in [6, 6.07) is 15.1. The molecule has 0 unspecified atom stereocenters. The van der Waals surface area contributed by atoms with Crippen molar-refractivity contribution in [2.75, 3.05) is 7.11 Å². The monoisotopic (exact) mass is 442 g/mol. The third-order valence-corrected chi connectivity index (χ3v) is 4.50. The number of alkyl carbamates (subject to hydrolysis) is 1. The minimum absolute atomic E-state index is 0.154. The van der Waals surface area contributed by atoms with Gasteiger partial charge < -0.3 is 25.2 Å². The Morgan fingerprint density at radius 1 is 0.938 bits per heavy atom. The minimum atomic E-state index is -1.37. The molecule has 0 bridgehead atoms. The first-order valence-corrected chi connectivity index (χ1v) is 10.3. The van der Waals surface area contributed by atoms with Gasteiger partial charge in [-0.1, -0.05) is 60.7 Å². The summed E-state index contributed by atoms with van der Waals surface area (Å²) < 4.78 is 10.1. The number of esters is 1. The molecule has 3 atom stereocenters. The lowest BCUT2D eigenvalue weighted by atomic mass is 10.0. The van der Waals surface area contributed by atoms with Gasteiger partial charge in [-0.25, -0.2) is 9.59 Å². The lowest BCUT2D eigenvalue weighted by molar-refractivity contribution is -0.148. The summed E-state index contributed by atoms with van der Waals surface area (Å²) in [6.45, 7) is 5.13. The maximum atomic E-state index is 13.1. The Morgan fingerprint density at radius 2 is 1.50 bits per heavy atom. The zero-order chi connectivity index (χ0) is 23.7. The van der Waals surface area contributed by atoms with Crippen molar-refractivity contribution in [3.05, 3.63) is 71.8 Å². The summed E-state index contributed by atoms with van der Waals surface area (Å²) in [7, 11) is 1.17. The molecule has 2 aromatic rings. The van der Waals surface area contributed by atoms with Crippen LogP contribution < -0.4 is 10.6 Å². The van der Waals surface area contributed by atoms with Gasteiger partial charge >= 0.3 is 12.1 Å². The van der Waals surface area contributed by atoms with E-state index in [2.05, 4.69) is 10.6 Å². The molecule has 2 amide bonds. The van der Waals surface area contributed by atoms with Crippen LogP contribution in [-0.2, 0) is 25.5 Å². The Balaban J connectivity index is 2.24. The minimum Gasteiger partial charge on any atom is -0.467 e. The predicted molar refractivity (Wildman–Crippen MR) is 119 cm³/mol. The van der Waals surface area contributed by atoms with E-state index >= 15 is 0 Å². The highest BCUT2D eigenvalue weighted by atomic mass is 16.6. The fourth-order valence-electron chi connectivity index (χ4n) is 3.00. The van der Waals surface area contributed by atoms with Crippen molar-refractivity contribution in [1.29, 1.82) is 0 Å². The van der Waals surface area contributed by atoms with Crippen molar-refractivity contribution in [2.24, 2.45) is 0 Å². The first kappa shape index (κ1) is 24.9. The van der Waals surface area contributed by atoms with Crippen LogP contribution in [0, 0.1) is 0 Å². The Kier molecular flexibility index (Phi) is 8.78. The summed E-state index contributed by atoms with van der Waals surface area (Å²) in [6.07, 6.45) is -1.96. The fourth-order valence-corrected chi connectivity index (χ4v) is 3.00. The highest BCUT2D eigenvalue weighted by Gasteiger charge is 2.34. The van der Waals surface area contributed by atoms with E-state index in [-0.39, 0.29) is 6.42 Å². The largest absolute Gasteiger partial charge is 0.467 e. The first-order valence-electron chi connectivity index (χ1n) is 10.3. The van der Waals surface area contributed by atoms with Crippen molar-refractivity contribution in [3.8, 4) is 0 Å². The van der Waals surface area contributed by atoms with E-state index in [9.17, 15) is 19.5 Å². The lowest BCUT2D eigenvalue weighted by Crippen LogP contribution is -2.54. The van der Waals surface area contributed by atoms with E-state index in [0.29, 0.717) is 5.56 Å². The maximum absolute atomic E-state index is 13.1. The average Bonchev–Trinajstić information content (AvgIpc) is 2.76. The third-order valence-electron chi connectivity index (χ3n) is 4.50. The van der Waals surface area contributed by atoms with E-state index in [1.807, 2.05) is 30.3 Å². The van der Waals surface area contributed by atoms with Gasteiger partial charge in [-0.05, 0) is 31.9 Å². The molecule has 0 spiro atoms. The van der Waals surface area contributed by atoms with E-state index in [4.69, 9.17) is 9.47 Å². The number of carbonyl (C=O) groups is 3. The SMILES string of the molecule is COC(=O)[C@@H](NC(=O)[C@H](Cc1ccccc1)NC(=O)OC(C)(C)C)[C@H](O)c1ccccc1. The molecule has 0 heterocycles. The molecule has 0 aliphatic carbocycles. The molecule has 2 rings (SSSR count). The molecule has 0 fully saturated rings. The molecule has 3 N–H and O–H groups in total.